The second kappa shape index (κ2) is 4.28. The van der Waals surface area contributed by atoms with Gasteiger partial charge in [0.25, 0.3) is 0 Å². The van der Waals surface area contributed by atoms with Gasteiger partial charge in [0.2, 0.25) is 0 Å². The average Bonchev–Trinajstić information content (AvgIpc) is 2.11. The van der Waals surface area contributed by atoms with Gasteiger partial charge < -0.3 is 5.73 Å². The van der Waals surface area contributed by atoms with Crippen molar-refractivity contribution in [2.75, 3.05) is 6.54 Å². The summed E-state index contributed by atoms with van der Waals surface area (Å²) in [5.41, 5.74) is 6.13. The molecule has 1 rings (SSSR count). The number of nitrogens with two attached hydrogens (primary N) is 1. The summed E-state index contributed by atoms with van der Waals surface area (Å²) in [4.78, 5) is 0. The molecule has 0 bridgehead atoms. The third kappa shape index (κ3) is 2.96. The largest absolute Gasteiger partial charge is 0.330 e. The minimum Gasteiger partial charge on any atom is -0.330 e. The molecular weight excluding hydrogens is 201 g/mol. The second-order valence-electron chi connectivity index (χ2n) is 4.28. The maximum absolute atomic E-state index is 13.3. The van der Waals surface area contributed by atoms with E-state index in [1.165, 1.54) is 6.07 Å². The Labute approximate surface area is 89.1 Å². The molecule has 0 heterocycles. The van der Waals surface area contributed by atoms with Crippen LogP contribution in [0.2, 0.25) is 5.02 Å². The van der Waals surface area contributed by atoms with Crippen molar-refractivity contribution in [3.8, 4) is 0 Å². The van der Waals surface area contributed by atoms with E-state index in [0.717, 1.165) is 0 Å². The Balaban J connectivity index is 2.91. The molecule has 2 N–H and O–H groups in total. The number of rotatable bonds is 3. The highest BCUT2D eigenvalue weighted by Gasteiger charge is 2.18. The van der Waals surface area contributed by atoms with Crippen molar-refractivity contribution in [3.05, 3.63) is 34.6 Å². The predicted octanol–water partition coefficient (Wildman–Crippen LogP) is 3.01. The van der Waals surface area contributed by atoms with Gasteiger partial charge in [-0.2, -0.15) is 0 Å². The van der Waals surface area contributed by atoms with E-state index in [-0.39, 0.29) is 11.2 Å². The van der Waals surface area contributed by atoms with E-state index in [4.69, 9.17) is 17.3 Å². The van der Waals surface area contributed by atoms with Gasteiger partial charge in [0.05, 0.1) is 0 Å². The molecule has 0 aliphatic rings. The van der Waals surface area contributed by atoms with Crippen LogP contribution in [0.5, 0.6) is 0 Å². The summed E-state index contributed by atoms with van der Waals surface area (Å²) in [6.45, 7) is 4.54. The Bertz CT molecular complexity index is 323. The van der Waals surface area contributed by atoms with Gasteiger partial charge >= 0.3 is 0 Å². The monoisotopic (exact) mass is 215 g/mol. The molecule has 0 radical (unpaired) electrons. The predicted molar refractivity (Wildman–Crippen MR) is 57.9 cm³/mol. The van der Waals surface area contributed by atoms with E-state index in [1.54, 1.807) is 12.1 Å². The van der Waals surface area contributed by atoms with E-state index in [9.17, 15) is 4.39 Å². The highest BCUT2D eigenvalue weighted by atomic mass is 35.5. The molecule has 0 aliphatic carbocycles. The summed E-state index contributed by atoms with van der Waals surface area (Å²) < 4.78 is 13.3. The van der Waals surface area contributed by atoms with Crippen molar-refractivity contribution in [1.29, 1.82) is 0 Å². The minimum atomic E-state index is -0.212. The Kier molecular flexibility index (Phi) is 3.51. The molecule has 3 heteroatoms. The number of halogens is 2. The molecule has 0 amide bonds. The normalized spacial score (nSPS) is 11.8. The van der Waals surface area contributed by atoms with Crippen LogP contribution in [-0.4, -0.2) is 6.54 Å². The highest BCUT2D eigenvalue weighted by molar-refractivity contribution is 6.30. The standard InChI is InChI=1S/C11H15ClFN/c1-11(2,7-14)6-8-5-9(12)3-4-10(8)13/h3-5H,6-7,14H2,1-2H3. The lowest BCUT2D eigenvalue weighted by molar-refractivity contribution is 0.370. The van der Waals surface area contributed by atoms with Crippen LogP contribution in [0.1, 0.15) is 19.4 Å². The Morgan fingerprint density at radius 1 is 1.43 bits per heavy atom. The van der Waals surface area contributed by atoms with E-state index >= 15 is 0 Å². The molecule has 0 aliphatic heterocycles. The van der Waals surface area contributed by atoms with Gasteiger partial charge in [-0.3, -0.25) is 0 Å². The first kappa shape index (κ1) is 11.5. The molecule has 0 saturated heterocycles. The molecule has 1 nitrogen and oxygen atoms in total. The Morgan fingerprint density at radius 3 is 2.64 bits per heavy atom. The van der Waals surface area contributed by atoms with Crippen molar-refractivity contribution in [1.82, 2.24) is 0 Å². The van der Waals surface area contributed by atoms with Gasteiger partial charge in [-0.05, 0) is 42.1 Å². The summed E-state index contributed by atoms with van der Waals surface area (Å²) in [7, 11) is 0. The summed E-state index contributed by atoms with van der Waals surface area (Å²) >= 11 is 5.79. The Hall–Kier alpha value is -0.600. The lowest BCUT2D eigenvalue weighted by Gasteiger charge is -2.22. The zero-order chi connectivity index (χ0) is 10.8. The van der Waals surface area contributed by atoms with Gasteiger partial charge in [0.1, 0.15) is 5.82 Å². The molecule has 1 aromatic rings. The lowest BCUT2D eigenvalue weighted by Crippen LogP contribution is -2.26. The fraction of sp³-hybridized carbons (Fsp3) is 0.455. The summed E-state index contributed by atoms with van der Waals surface area (Å²) in [5.74, 6) is -0.212. The first-order valence-electron chi connectivity index (χ1n) is 4.58. The van der Waals surface area contributed by atoms with E-state index in [0.29, 0.717) is 23.6 Å². The third-order valence-corrected chi connectivity index (χ3v) is 2.46. The molecule has 14 heavy (non-hydrogen) atoms. The van der Waals surface area contributed by atoms with Crippen LogP contribution < -0.4 is 5.73 Å². The maximum Gasteiger partial charge on any atom is 0.126 e. The number of hydrogen-bond donors (Lipinski definition) is 1. The quantitative estimate of drug-likeness (QED) is 0.824. The zero-order valence-corrected chi connectivity index (χ0v) is 9.24. The first-order chi connectivity index (χ1) is 6.44. The van der Waals surface area contributed by atoms with Crippen LogP contribution in [0.25, 0.3) is 0 Å². The molecule has 0 atom stereocenters. The molecule has 0 spiro atoms. The molecule has 78 valence electrons. The van der Waals surface area contributed by atoms with Gasteiger partial charge in [0.15, 0.2) is 0 Å². The molecule has 0 aromatic heterocycles. The van der Waals surface area contributed by atoms with E-state index in [1.807, 2.05) is 13.8 Å². The molecule has 0 fully saturated rings. The van der Waals surface area contributed by atoms with Crippen molar-refractivity contribution in [2.45, 2.75) is 20.3 Å². The zero-order valence-electron chi connectivity index (χ0n) is 8.48. The highest BCUT2D eigenvalue weighted by Crippen LogP contribution is 2.24. The van der Waals surface area contributed by atoms with Crippen LogP contribution in [0.15, 0.2) is 18.2 Å². The van der Waals surface area contributed by atoms with Crippen LogP contribution in [0, 0.1) is 11.2 Å². The average molecular weight is 216 g/mol. The topological polar surface area (TPSA) is 26.0 Å². The maximum atomic E-state index is 13.3. The number of hydrogen-bond acceptors (Lipinski definition) is 1. The Morgan fingerprint density at radius 2 is 2.07 bits per heavy atom. The van der Waals surface area contributed by atoms with Crippen molar-refractivity contribution in [3.63, 3.8) is 0 Å². The van der Waals surface area contributed by atoms with Crippen LogP contribution >= 0.6 is 11.6 Å². The van der Waals surface area contributed by atoms with Gasteiger partial charge in [-0.25, -0.2) is 4.39 Å². The van der Waals surface area contributed by atoms with Crippen LogP contribution in [0.3, 0.4) is 0 Å². The van der Waals surface area contributed by atoms with E-state index < -0.39 is 0 Å². The molecular formula is C11H15ClFN. The second-order valence-corrected chi connectivity index (χ2v) is 4.72. The fourth-order valence-electron chi connectivity index (χ4n) is 1.27. The molecule has 1 aromatic carbocycles. The fourth-order valence-corrected chi connectivity index (χ4v) is 1.46. The smallest absolute Gasteiger partial charge is 0.126 e. The van der Waals surface area contributed by atoms with E-state index in [2.05, 4.69) is 0 Å². The lowest BCUT2D eigenvalue weighted by atomic mass is 9.86. The summed E-state index contributed by atoms with van der Waals surface area (Å²) in [5, 5.41) is 0.564. The summed E-state index contributed by atoms with van der Waals surface area (Å²) in [6, 6.07) is 4.61. The third-order valence-electron chi connectivity index (χ3n) is 2.23. The molecule has 0 unspecified atom stereocenters. The number of benzene rings is 1. The van der Waals surface area contributed by atoms with Crippen LogP contribution in [-0.2, 0) is 6.42 Å². The van der Waals surface area contributed by atoms with Crippen molar-refractivity contribution < 1.29 is 4.39 Å². The minimum absolute atomic E-state index is 0.0917. The molecule has 0 saturated carbocycles. The summed E-state index contributed by atoms with van der Waals surface area (Å²) in [6.07, 6.45) is 0.607. The van der Waals surface area contributed by atoms with Crippen LogP contribution in [0.4, 0.5) is 4.39 Å². The van der Waals surface area contributed by atoms with Crippen molar-refractivity contribution in [2.24, 2.45) is 11.1 Å². The van der Waals surface area contributed by atoms with Gasteiger partial charge in [0, 0.05) is 5.02 Å². The van der Waals surface area contributed by atoms with Crippen molar-refractivity contribution >= 4 is 11.6 Å². The van der Waals surface area contributed by atoms with Gasteiger partial charge in [-0.1, -0.05) is 25.4 Å². The SMILES string of the molecule is CC(C)(CN)Cc1cc(Cl)ccc1F. The first-order valence-corrected chi connectivity index (χ1v) is 4.96. The van der Waals surface area contributed by atoms with Gasteiger partial charge in [-0.15, -0.1) is 0 Å².